The van der Waals surface area contributed by atoms with Gasteiger partial charge < -0.3 is 13.6 Å². The molecule has 0 radical (unpaired) electrons. The minimum absolute atomic E-state index is 0.914. The van der Waals surface area contributed by atoms with E-state index in [0.717, 1.165) is 44.4 Å². The summed E-state index contributed by atoms with van der Waals surface area (Å²) in [5.41, 5.74) is 13.5. The maximum Gasteiger partial charge on any atom is 0.143 e. The van der Waals surface area contributed by atoms with E-state index >= 15 is 0 Å². The van der Waals surface area contributed by atoms with Crippen LogP contribution in [0.25, 0.3) is 131 Å². The first-order valence-corrected chi connectivity index (χ1v) is 21.7. The van der Waals surface area contributed by atoms with E-state index in [4.69, 9.17) is 4.42 Å². The summed E-state index contributed by atoms with van der Waals surface area (Å²) in [5, 5.41) is 14.9. The van der Waals surface area contributed by atoms with Crippen LogP contribution in [0.2, 0.25) is 0 Å². The minimum atomic E-state index is 0.914. The lowest BCUT2D eigenvalue weighted by molar-refractivity contribution is 0.670. The van der Waals surface area contributed by atoms with Crippen molar-refractivity contribution in [2.75, 3.05) is 0 Å². The van der Waals surface area contributed by atoms with Crippen molar-refractivity contribution in [1.82, 2.24) is 9.13 Å². The third kappa shape index (κ3) is 4.96. The molecule has 0 saturated heterocycles. The van der Waals surface area contributed by atoms with Gasteiger partial charge in [-0.15, -0.1) is 0 Å². The maximum atomic E-state index is 6.40. The number of aromatic nitrogens is 2. The summed E-state index contributed by atoms with van der Waals surface area (Å²) >= 11 is 0. The lowest BCUT2D eigenvalue weighted by atomic mass is 9.94. The van der Waals surface area contributed by atoms with Gasteiger partial charge in [-0.1, -0.05) is 152 Å². The molecule has 0 saturated carbocycles. The van der Waals surface area contributed by atoms with Crippen molar-refractivity contribution in [1.29, 1.82) is 0 Å². The quantitative estimate of drug-likeness (QED) is 0.163. The van der Waals surface area contributed by atoms with Crippen LogP contribution in [0.5, 0.6) is 0 Å². The van der Waals surface area contributed by atoms with E-state index in [1.165, 1.54) is 87.1 Å². The Kier molecular flexibility index (Phi) is 7.11. The number of nitrogens with zero attached hydrogens (tertiary/aromatic N) is 2. The van der Waals surface area contributed by atoms with E-state index in [2.05, 4.69) is 215 Å². The number of rotatable bonds is 4. The van der Waals surface area contributed by atoms with Gasteiger partial charge in [0.1, 0.15) is 11.2 Å². The lowest BCUT2D eigenvalue weighted by Crippen LogP contribution is -1.94. The summed E-state index contributed by atoms with van der Waals surface area (Å²) in [6.45, 7) is 0. The zero-order valence-corrected chi connectivity index (χ0v) is 34.1. The number of benzene rings is 11. The van der Waals surface area contributed by atoms with Crippen molar-refractivity contribution in [2.45, 2.75) is 0 Å². The molecule has 0 aliphatic heterocycles. The van der Waals surface area contributed by atoms with Gasteiger partial charge >= 0.3 is 0 Å². The molecule has 0 unspecified atom stereocenters. The molecule has 14 rings (SSSR count). The highest BCUT2D eigenvalue weighted by Crippen LogP contribution is 2.42. The normalized spacial score (nSPS) is 12.1. The highest BCUT2D eigenvalue weighted by molar-refractivity contribution is 6.26. The van der Waals surface area contributed by atoms with Gasteiger partial charge in [-0.2, -0.15) is 0 Å². The van der Waals surface area contributed by atoms with Crippen LogP contribution in [0, 0.1) is 0 Å². The summed E-state index contributed by atoms with van der Waals surface area (Å²) in [7, 11) is 0. The van der Waals surface area contributed by atoms with Gasteiger partial charge in [0.25, 0.3) is 0 Å². The van der Waals surface area contributed by atoms with Crippen LogP contribution in [0.3, 0.4) is 0 Å². The Morgan fingerprint density at radius 2 is 0.698 bits per heavy atom. The van der Waals surface area contributed by atoms with Gasteiger partial charge in [0, 0.05) is 49.3 Å². The van der Waals surface area contributed by atoms with Crippen molar-refractivity contribution in [3.8, 4) is 33.6 Å². The minimum Gasteiger partial charge on any atom is -0.455 e. The second-order valence-corrected chi connectivity index (χ2v) is 16.8. The van der Waals surface area contributed by atoms with E-state index in [0.29, 0.717) is 0 Å². The van der Waals surface area contributed by atoms with Crippen LogP contribution in [-0.4, -0.2) is 9.13 Å². The highest BCUT2D eigenvalue weighted by atomic mass is 16.3. The number of hydrogen-bond acceptors (Lipinski definition) is 1. The fourth-order valence-corrected chi connectivity index (χ4v) is 10.7. The standard InChI is InChI=1S/C60H36N2O/c1-2-14-45-43(12-1)44-13-3-4-15-46(44)52-36-41(30-31-47(45)52)62-56-22-9-6-17-49(56)54-35-39(27-33-58(54)62)38-26-32-57-53(34-38)48-16-5-8-21-55(48)61(57)40-28-24-37(25-29-40)42-19-11-20-51-50-18-7-10-23-59(50)63-60(42)51/h1-36H. The molecule has 3 aromatic heterocycles. The second kappa shape index (κ2) is 13.1. The molecule has 14 aromatic rings. The lowest BCUT2D eigenvalue weighted by Gasteiger charge is -2.14. The van der Waals surface area contributed by atoms with Crippen molar-refractivity contribution >= 4 is 97.9 Å². The topological polar surface area (TPSA) is 23.0 Å². The molecule has 0 amide bonds. The molecule has 0 atom stereocenters. The Labute approximate surface area is 361 Å². The third-order valence-corrected chi connectivity index (χ3v) is 13.5. The average molecular weight is 801 g/mol. The van der Waals surface area contributed by atoms with E-state index in [1.807, 2.05) is 12.1 Å². The number of fused-ring (bicyclic) bond motifs is 15. The highest BCUT2D eigenvalue weighted by Gasteiger charge is 2.18. The van der Waals surface area contributed by atoms with Gasteiger partial charge in [0.05, 0.1) is 22.1 Å². The summed E-state index contributed by atoms with van der Waals surface area (Å²) in [6.07, 6.45) is 0. The first-order valence-electron chi connectivity index (χ1n) is 21.7. The Balaban J connectivity index is 0.889. The first-order chi connectivity index (χ1) is 31.2. The van der Waals surface area contributed by atoms with Gasteiger partial charge in [0.2, 0.25) is 0 Å². The summed E-state index contributed by atoms with van der Waals surface area (Å²) in [6, 6.07) is 79.8. The molecule has 11 aromatic carbocycles. The van der Waals surface area contributed by atoms with Crippen molar-refractivity contribution in [3.63, 3.8) is 0 Å². The number of para-hydroxylation sites is 4. The molecule has 63 heavy (non-hydrogen) atoms. The Bertz CT molecular complexity index is 4160. The molecule has 292 valence electrons. The number of hydrogen-bond donors (Lipinski definition) is 0. The smallest absolute Gasteiger partial charge is 0.143 e. The summed E-state index contributed by atoms with van der Waals surface area (Å²) < 4.78 is 11.2. The largest absolute Gasteiger partial charge is 0.455 e. The first kappa shape index (κ1) is 34.3. The Morgan fingerprint density at radius 1 is 0.254 bits per heavy atom. The van der Waals surface area contributed by atoms with E-state index < -0.39 is 0 Å². The molecule has 0 spiro atoms. The van der Waals surface area contributed by atoms with Crippen molar-refractivity contribution in [2.24, 2.45) is 0 Å². The van der Waals surface area contributed by atoms with Crippen LogP contribution < -0.4 is 0 Å². The molecule has 0 fully saturated rings. The van der Waals surface area contributed by atoms with Crippen molar-refractivity contribution < 1.29 is 4.42 Å². The molecule has 0 N–H and O–H groups in total. The van der Waals surface area contributed by atoms with Gasteiger partial charge in [-0.3, -0.25) is 0 Å². The Morgan fingerprint density at radius 3 is 1.32 bits per heavy atom. The zero-order chi connectivity index (χ0) is 41.2. The summed E-state index contributed by atoms with van der Waals surface area (Å²) in [5.74, 6) is 0. The molecular formula is C60H36N2O. The fraction of sp³-hybridized carbons (Fsp3) is 0. The molecule has 0 aliphatic rings. The maximum absolute atomic E-state index is 6.40. The Hall–Kier alpha value is -8.40. The van der Waals surface area contributed by atoms with Crippen LogP contribution in [0.15, 0.2) is 223 Å². The van der Waals surface area contributed by atoms with E-state index in [9.17, 15) is 0 Å². The molecule has 0 aliphatic carbocycles. The molecule has 3 heteroatoms. The van der Waals surface area contributed by atoms with Crippen LogP contribution >= 0.6 is 0 Å². The number of furan rings is 1. The molecular weight excluding hydrogens is 765 g/mol. The van der Waals surface area contributed by atoms with Crippen LogP contribution in [0.4, 0.5) is 0 Å². The zero-order valence-electron chi connectivity index (χ0n) is 34.1. The van der Waals surface area contributed by atoms with Crippen LogP contribution in [-0.2, 0) is 0 Å². The second-order valence-electron chi connectivity index (χ2n) is 16.8. The fourth-order valence-electron chi connectivity index (χ4n) is 10.7. The molecule has 3 nitrogen and oxygen atoms in total. The van der Waals surface area contributed by atoms with Gasteiger partial charge in [-0.25, -0.2) is 0 Å². The third-order valence-electron chi connectivity index (χ3n) is 13.5. The van der Waals surface area contributed by atoms with E-state index in [1.54, 1.807) is 0 Å². The predicted molar refractivity (Wildman–Crippen MR) is 266 cm³/mol. The molecule has 0 bridgehead atoms. The monoisotopic (exact) mass is 800 g/mol. The average Bonchev–Trinajstić information content (AvgIpc) is 4.01. The van der Waals surface area contributed by atoms with Gasteiger partial charge in [0.15, 0.2) is 0 Å². The van der Waals surface area contributed by atoms with Gasteiger partial charge in [-0.05, 0) is 116 Å². The summed E-state index contributed by atoms with van der Waals surface area (Å²) in [4.78, 5) is 0. The van der Waals surface area contributed by atoms with E-state index in [-0.39, 0.29) is 0 Å². The van der Waals surface area contributed by atoms with Crippen LogP contribution in [0.1, 0.15) is 0 Å². The van der Waals surface area contributed by atoms with Crippen molar-refractivity contribution in [3.05, 3.63) is 218 Å². The molecule has 3 heterocycles. The SMILES string of the molecule is c1ccc2c(c1)oc1c(-c3ccc(-n4c5ccccc5c5cc(-c6ccc7c(c6)c6ccccc6n7-c6ccc7c8ccccc8c8ccccc8c7c6)ccc54)cc3)cccc12. The predicted octanol–water partition coefficient (Wildman–Crippen LogP) is 16.6.